The number of rotatable bonds is 3. The molecule has 1 N–H and O–H groups in total. The van der Waals surface area contributed by atoms with E-state index in [0.29, 0.717) is 0 Å². The molecule has 27 heavy (non-hydrogen) atoms. The fourth-order valence-corrected chi connectivity index (χ4v) is 3.89. The van der Waals surface area contributed by atoms with Gasteiger partial charge in [-0.15, -0.1) is 0 Å². The zero-order valence-electron chi connectivity index (χ0n) is 15.2. The quantitative estimate of drug-likeness (QED) is 0.462. The van der Waals surface area contributed by atoms with Crippen molar-refractivity contribution < 1.29 is 4.74 Å². The SMILES string of the molecule is COc1ccc2c(c1)c1c(n2C)-c2ccccc2/C1=N\Nc1ccccc1. The van der Waals surface area contributed by atoms with Gasteiger partial charge in [0.25, 0.3) is 0 Å². The highest BCUT2D eigenvalue weighted by atomic mass is 16.5. The first-order valence-electron chi connectivity index (χ1n) is 8.93. The first-order valence-corrected chi connectivity index (χ1v) is 8.93. The maximum atomic E-state index is 5.47. The van der Waals surface area contributed by atoms with E-state index in [0.717, 1.165) is 33.7 Å². The lowest BCUT2D eigenvalue weighted by Gasteiger charge is -2.07. The van der Waals surface area contributed by atoms with Crippen LogP contribution in [0.4, 0.5) is 5.69 Å². The van der Waals surface area contributed by atoms with Crippen LogP contribution in [0, 0.1) is 0 Å². The van der Waals surface area contributed by atoms with Gasteiger partial charge < -0.3 is 9.30 Å². The number of hydrazone groups is 1. The molecule has 0 atom stereocenters. The Morgan fingerprint density at radius 2 is 1.63 bits per heavy atom. The Hall–Kier alpha value is -3.53. The Labute approximate surface area is 157 Å². The smallest absolute Gasteiger partial charge is 0.119 e. The zero-order valence-corrected chi connectivity index (χ0v) is 15.2. The lowest BCUT2D eigenvalue weighted by molar-refractivity contribution is 0.415. The van der Waals surface area contributed by atoms with Gasteiger partial charge in [-0.25, -0.2) is 0 Å². The van der Waals surface area contributed by atoms with Gasteiger partial charge in [0.1, 0.15) is 11.5 Å². The minimum Gasteiger partial charge on any atom is -0.497 e. The van der Waals surface area contributed by atoms with Crippen molar-refractivity contribution in [2.45, 2.75) is 0 Å². The van der Waals surface area contributed by atoms with E-state index < -0.39 is 0 Å². The molecule has 4 heteroatoms. The molecule has 1 aromatic heterocycles. The van der Waals surface area contributed by atoms with Gasteiger partial charge in [-0.1, -0.05) is 42.5 Å². The molecule has 1 heterocycles. The summed E-state index contributed by atoms with van der Waals surface area (Å²) < 4.78 is 7.71. The molecular weight excluding hydrogens is 334 g/mol. The molecule has 132 valence electrons. The van der Waals surface area contributed by atoms with Crippen LogP contribution >= 0.6 is 0 Å². The molecule has 0 spiro atoms. The standard InChI is InChI=1S/C23H19N3O/c1-26-20-13-12-16(27-2)14-19(20)21-22(25-24-15-8-4-3-5-9-15)17-10-6-7-11-18(17)23(21)26/h3-14,24H,1-2H3/b25-22+. The molecule has 4 nitrogen and oxygen atoms in total. The van der Waals surface area contributed by atoms with E-state index in [1.54, 1.807) is 7.11 Å². The van der Waals surface area contributed by atoms with Crippen molar-refractivity contribution in [2.75, 3.05) is 12.5 Å². The number of nitrogens with zero attached hydrogens (tertiary/aromatic N) is 2. The Morgan fingerprint density at radius 3 is 2.41 bits per heavy atom. The van der Waals surface area contributed by atoms with Crippen LogP contribution in [-0.4, -0.2) is 17.4 Å². The molecule has 5 rings (SSSR count). The molecule has 4 aromatic rings. The van der Waals surface area contributed by atoms with Crippen LogP contribution < -0.4 is 10.2 Å². The predicted molar refractivity (Wildman–Crippen MR) is 111 cm³/mol. The van der Waals surface area contributed by atoms with E-state index in [9.17, 15) is 0 Å². The summed E-state index contributed by atoms with van der Waals surface area (Å²) in [7, 11) is 3.81. The first-order chi connectivity index (χ1) is 13.3. The highest BCUT2D eigenvalue weighted by molar-refractivity contribution is 6.30. The molecule has 0 saturated carbocycles. The fourth-order valence-electron chi connectivity index (χ4n) is 3.89. The number of para-hydroxylation sites is 1. The molecule has 0 amide bonds. The number of hydrogen-bond donors (Lipinski definition) is 1. The molecule has 1 aliphatic rings. The molecule has 0 bridgehead atoms. The average Bonchev–Trinajstić information content (AvgIpc) is 3.20. The molecule has 1 aliphatic carbocycles. The van der Waals surface area contributed by atoms with Crippen LogP contribution in [0.3, 0.4) is 0 Å². The Bertz CT molecular complexity index is 1190. The van der Waals surface area contributed by atoms with Crippen molar-refractivity contribution in [3.05, 3.63) is 83.9 Å². The van der Waals surface area contributed by atoms with Crippen molar-refractivity contribution in [1.82, 2.24) is 4.57 Å². The second kappa shape index (κ2) is 6.02. The van der Waals surface area contributed by atoms with Crippen LogP contribution in [0.15, 0.2) is 77.9 Å². The normalized spacial score (nSPS) is 13.6. The summed E-state index contributed by atoms with van der Waals surface area (Å²) in [5.41, 5.74) is 11.0. The monoisotopic (exact) mass is 353 g/mol. The lowest BCUT2D eigenvalue weighted by atomic mass is 10.1. The van der Waals surface area contributed by atoms with E-state index in [1.807, 2.05) is 36.4 Å². The Morgan fingerprint density at radius 1 is 0.889 bits per heavy atom. The van der Waals surface area contributed by atoms with Gasteiger partial charge in [-0.05, 0) is 30.3 Å². The summed E-state index contributed by atoms with van der Waals surface area (Å²) in [6, 6.07) is 24.7. The van der Waals surface area contributed by atoms with Crippen LogP contribution in [0.5, 0.6) is 5.75 Å². The van der Waals surface area contributed by atoms with E-state index in [1.165, 1.54) is 16.8 Å². The third-order valence-electron chi connectivity index (χ3n) is 5.15. The predicted octanol–water partition coefficient (Wildman–Crippen LogP) is 5.03. The molecular formula is C23H19N3O. The number of aryl methyl sites for hydroxylation is 1. The summed E-state index contributed by atoms with van der Waals surface area (Å²) in [6.07, 6.45) is 0. The number of anilines is 1. The van der Waals surface area contributed by atoms with E-state index >= 15 is 0 Å². The largest absolute Gasteiger partial charge is 0.497 e. The minimum atomic E-state index is 0.849. The number of ether oxygens (including phenoxy) is 1. The van der Waals surface area contributed by atoms with Gasteiger partial charge in [-0.2, -0.15) is 5.10 Å². The number of fused-ring (bicyclic) bond motifs is 5. The second-order valence-electron chi connectivity index (χ2n) is 6.65. The molecule has 0 aliphatic heterocycles. The van der Waals surface area contributed by atoms with E-state index in [4.69, 9.17) is 9.84 Å². The second-order valence-corrected chi connectivity index (χ2v) is 6.65. The molecule has 0 unspecified atom stereocenters. The van der Waals surface area contributed by atoms with Crippen molar-refractivity contribution in [2.24, 2.45) is 12.1 Å². The van der Waals surface area contributed by atoms with Crippen molar-refractivity contribution >= 4 is 22.3 Å². The third kappa shape index (κ3) is 2.34. The summed E-state index contributed by atoms with van der Waals surface area (Å²) in [5, 5.41) is 5.96. The van der Waals surface area contributed by atoms with Gasteiger partial charge in [0.15, 0.2) is 0 Å². The van der Waals surface area contributed by atoms with Crippen LogP contribution in [0.2, 0.25) is 0 Å². The van der Waals surface area contributed by atoms with Crippen molar-refractivity contribution in [1.29, 1.82) is 0 Å². The third-order valence-corrected chi connectivity index (χ3v) is 5.15. The first kappa shape index (κ1) is 15.7. The van der Waals surface area contributed by atoms with E-state index in [2.05, 4.69) is 53.4 Å². The number of benzene rings is 3. The Kier molecular flexibility index (Phi) is 3.50. The topological polar surface area (TPSA) is 38.5 Å². The van der Waals surface area contributed by atoms with Crippen LogP contribution in [0.25, 0.3) is 22.2 Å². The summed E-state index contributed by atoms with van der Waals surface area (Å²) >= 11 is 0. The number of hydrogen-bond acceptors (Lipinski definition) is 3. The van der Waals surface area contributed by atoms with Crippen molar-refractivity contribution in [3.8, 4) is 17.0 Å². The van der Waals surface area contributed by atoms with Gasteiger partial charge in [0.2, 0.25) is 0 Å². The van der Waals surface area contributed by atoms with Gasteiger partial charge in [0.05, 0.1) is 18.5 Å². The summed E-state index contributed by atoms with van der Waals surface area (Å²) in [4.78, 5) is 0. The highest BCUT2D eigenvalue weighted by Gasteiger charge is 2.31. The number of nitrogens with one attached hydrogen (secondary N) is 1. The minimum absolute atomic E-state index is 0.849. The molecule has 3 aromatic carbocycles. The van der Waals surface area contributed by atoms with Gasteiger partial charge in [0, 0.05) is 34.6 Å². The lowest BCUT2D eigenvalue weighted by Crippen LogP contribution is -2.02. The van der Waals surface area contributed by atoms with E-state index in [-0.39, 0.29) is 0 Å². The zero-order chi connectivity index (χ0) is 18.4. The molecule has 0 saturated heterocycles. The fraction of sp³-hybridized carbons (Fsp3) is 0.0870. The van der Waals surface area contributed by atoms with Gasteiger partial charge in [-0.3, -0.25) is 5.43 Å². The highest BCUT2D eigenvalue weighted by Crippen LogP contribution is 2.43. The molecule has 0 radical (unpaired) electrons. The van der Waals surface area contributed by atoms with Crippen molar-refractivity contribution in [3.63, 3.8) is 0 Å². The summed E-state index contributed by atoms with van der Waals surface area (Å²) in [6.45, 7) is 0. The average molecular weight is 353 g/mol. The Balaban J connectivity index is 1.77. The summed E-state index contributed by atoms with van der Waals surface area (Å²) in [5.74, 6) is 0.849. The molecule has 0 fully saturated rings. The number of aromatic nitrogens is 1. The maximum Gasteiger partial charge on any atom is 0.119 e. The maximum absolute atomic E-state index is 5.47. The van der Waals surface area contributed by atoms with Crippen LogP contribution in [0.1, 0.15) is 11.1 Å². The number of methoxy groups -OCH3 is 1. The van der Waals surface area contributed by atoms with Crippen LogP contribution in [-0.2, 0) is 7.05 Å². The van der Waals surface area contributed by atoms with Gasteiger partial charge >= 0.3 is 0 Å².